The van der Waals surface area contributed by atoms with Crippen LogP contribution in [0.5, 0.6) is 0 Å². The van der Waals surface area contributed by atoms with Crippen molar-refractivity contribution in [3.63, 3.8) is 0 Å². The molecule has 0 heterocycles. The lowest BCUT2D eigenvalue weighted by atomic mass is 9.96. The molecule has 0 rings (SSSR count). The third-order valence-electron chi connectivity index (χ3n) is 3.35. The Kier molecular flexibility index (Phi) is 7.34. The second kappa shape index (κ2) is 7.63. The predicted molar refractivity (Wildman–Crippen MR) is 68.3 cm³/mol. The van der Waals surface area contributed by atoms with Crippen molar-refractivity contribution in [3.8, 4) is 0 Å². The molecule has 0 saturated heterocycles. The minimum atomic E-state index is 0.0179. The first-order valence-corrected chi connectivity index (χ1v) is 6.19. The van der Waals surface area contributed by atoms with Gasteiger partial charge in [0.1, 0.15) is 0 Å². The predicted octanol–water partition coefficient (Wildman–Crippen LogP) is 0.962. The SMILES string of the molecule is CCCN(CCC(=O)NC)C(C)(CC)CN. The molecule has 0 aliphatic carbocycles. The van der Waals surface area contributed by atoms with Gasteiger partial charge >= 0.3 is 0 Å². The molecule has 1 atom stereocenters. The molecule has 0 aromatic rings. The molecule has 0 aromatic heterocycles. The molecule has 0 aliphatic rings. The van der Waals surface area contributed by atoms with Gasteiger partial charge in [-0.15, -0.1) is 0 Å². The summed E-state index contributed by atoms with van der Waals surface area (Å²) in [5.74, 6) is 0.0941. The number of nitrogens with one attached hydrogen (secondary N) is 1. The Hall–Kier alpha value is -0.610. The Labute approximate surface area is 99.6 Å². The van der Waals surface area contributed by atoms with E-state index in [1.165, 1.54) is 0 Å². The van der Waals surface area contributed by atoms with Gasteiger partial charge in [0, 0.05) is 32.1 Å². The van der Waals surface area contributed by atoms with Gasteiger partial charge in [0.15, 0.2) is 0 Å². The highest BCUT2D eigenvalue weighted by atomic mass is 16.1. The van der Waals surface area contributed by atoms with Crippen LogP contribution in [0.2, 0.25) is 0 Å². The number of hydrogen-bond donors (Lipinski definition) is 2. The van der Waals surface area contributed by atoms with Gasteiger partial charge in [-0.05, 0) is 26.3 Å². The third kappa shape index (κ3) is 4.49. The van der Waals surface area contributed by atoms with Crippen LogP contribution in [0.25, 0.3) is 0 Å². The summed E-state index contributed by atoms with van der Waals surface area (Å²) in [6.45, 7) is 8.90. The second-order valence-electron chi connectivity index (χ2n) is 4.46. The van der Waals surface area contributed by atoms with Gasteiger partial charge in [0.05, 0.1) is 0 Å². The van der Waals surface area contributed by atoms with Crippen LogP contribution in [0.1, 0.15) is 40.0 Å². The Morgan fingerprint density at radius 1 is 1.38 bits per heavy atom. The lowest BCUT2D eigenvalue weighted by Crippen LogP contribution is -2.52. The van der Waals surface area contributed by atoms with Crippen LogP contribution in [-0.4, -0.2) is 43.0 Å². The normalized spacial score (nSPS) is 14.9. The van der Waals surface area contributed by atoms with E-state index < -0.39 is 0 Å². The highest BCUT2D eigenvalue weighted by Crippen LogP contribution is 2.18. The Morgan fingerprint density at radius 2 is 2.00 bits per heavy atom. The zero-order valence-electron chi connectivity index (χ0n) is 11.2. The molecule has 96 valence electrons. The second-order valence-corrected chi connectivity index (χ2v) is 4.46. The van der Waals surface area contributed by atoms with Gasteiger partial charge in [-0.1, -0.05) is 13.8 Å². The van der Waals surface area contributed by atoms with Gasteiger partial charge in [-0.25, -0.2) is 0 Å². The molecule has 0 saturated carbocycles. The maximum absolute atomic E-state index is 11.3. The van der Waals surface area contributed by atoms with Crippen LogP contribution in [0.4, 0.5) is 0 Å². The third-order valence-corrected chi connectivity index (χ3v) is 3.35. The Balaban J connectivity index is 4.41. The monoisotopic (exact) mass is 229 g/mol. The van der Waals surface area contributed by atoms with E-state index in [1.54, 1.807) is 7.05 Å². The van der Waals surface area contributed by atoms with E-state index in [0.717, 1.165) is 25.9 Å². The molecule has 1 unspecified atom stereocenters. The van der Waals surface area contributed by atoms with Gasteiger partial charge in [0.2, 0.25) is 5.91 Å². The molecular weight excluding hydrogens is 202 g/mol. The number of nitrogens with zero attached hydrogens (tertiary/aromatic N) is 1. The fourth-order valence-electron chi connectivity index (χ4n) is 1.78. The van der Waals surface area contributed by atoms with Crippen molar-refractivity contribution < 1.29 is 4.79 Å². The number of carbonyl (C=O) groups excluding carboxylic acids is 1. The highest BCUT2D eigenvalue weighted by Gasteiger charge is 2.27. The van der Waals surface area contributed by atoms with Crippen molar-refractivity contribution in [3.05, 3.63) is 0 Å². The first-order chi connectivity index (χ1) is 7.53. The quantitative estimate of drug-likeness (QED) is 0.652. The number of rotatable bonds is 8. The van der Waals surface area contributed by atoms with E-state index in [0.29, 0.717) is 13.0 Å². The first kappa shape index (κ1) is 15.4. The van der Waals surface area contributed by atoms with Gasteiger partial charge in [-0.3, -0.25) is 9.69 Å². The average Bonchev–Trinajstić information content (AvgIpc) is 2.32. The molecule has 4 heteroatoms. The fourth-order valence-corrected chi connectivity index (χ4v) is 1.78. The van der Waals surface area contributed by atoms with Crippen molar-refractivity contribution in [1.29, 1.82) is 0 Å². The largest absolute Gasteiger partial charge is 0.359 e. The molecule has 3 N–H and O–H groups in total. The van der Waals surface area contributed by atoms with E-state index in [2.05, 4.69) is 31.0 Å². The summed E-state index contributed by atoms with van der Waals surface area (Å²) in [6, 6.07) is 0. The van der Waals surface area contributed by atoms with Crippen LogP contribution in [0.15, 0.2) is 0 Å². The molecule has 0 spiro atoms. The molecule has 16 heavy (non-hydrogen) atoms. The molecule has 0 aliphatic heterocycles. The summed E-state index contributed by atoms with van der Waals surface area (Å²) >= 11 is 0. The Bertz CT molecular complexity index is 202. The van der Waals surface area contributed by atoms with Crippen molar-refractivity contribution in [2.75, 3.05) is 26.7 Å². The molecule has 4 nitrogen and oxygen atoms in total. The van der Waals surface area contributed by atoms with Gasteiger partial charge in [0.25, 0.3) is 0 Å². The fraction of sp³-hybridized carbons (Fsp3) is 0.917. The average molecular weight is 229 g/mol. The minimum absolute atomic E-state index is 0.0179. The molecule has 0 bridgehead atoms. The van der Waals surface area contributed by atoms with Crippen LogP contribution in [0.3, 0.4) is 0 Å². The van der Waals surface area contributed by atoms with Crippen molar-refractivity contribution in [1.82, 2.24) is 10.2 Å². The van der Waals surface area contributed by atoms with Gasteiger partial charge < -0.3 is 11.1 Å². The van der Waals surface area contributed by atoms with Crippen LogP contribution >= 0.6 is 0 Å². The Morgan fingerprint density at radius 3 is 2.38 bits per heavy atom. The molecular formula is C12H27N3O. The van der Waals surface area contributed by atoms with E-state index >= 15 is 0 Å². The van der Waals surface area contributed by atoms with E-state index in [4.69, 9.17) is 5.73 Å². The maximum Gasteiger partial charge on any atom is 0.221 e. The number of amides is 1. The number of carbonyl (C=O) groups is 1. The highest BCUT2D eigenvalue weighted by molar-refractivity contribution is 5.75. The zero-order chi connectivity index (χ0) is 12.6. The molecule has 0 fully saturated rings. The van der Waals surface area contributed by atoms with Crippen LogP contribution in [0, 0.1) is 0 Å². The molecule has 0 aromatic carbocycles. The lowest BCUT2D eigenvalue weighted by Gasteiger charge is -2.40. The summed E-state index contributed by atoms with van der Waals surface area (Å²) in [5.41, 5.74) is 5.86. The van der Waals surface area contributed by atoms with E-state index in [-0.39, 0.29) is 11.4 Å². The summed E-state index contributed by atoms with van der Waals surface area (Å²) in [6.07, 6.45) is 2.65. The number of hydrogen-bond acceptors (Lipinski definition) is 3. The minimum Gasteiger partial charge on any atom is -0.359 e. The summed E-state index contributed by atoms with van der Waals surface area (Å²) < 4.78 is 0. The molecule has 0 radical (unpaired) electrons. The topological polar surface area (TPSA) is 58.4 Å². The van der Waals surface area contributed by atoms with Crippen LogP contribution in [-0.2, 0) is 4.79 Å². The van der Waals surface area contributed by atoms with E-state index in [1.807, 2.05) is 0 Å². The maximum atomic E-state index is 11.3. The molecule has 1 amide bonds. The summed E-state index contributed by atoms with van der Waals surface area (Å²) in [7, 11) is 1.68. The van der Waals surface area contributed by atoms with Gasteiger partial charge in [-0.2, -0.15) is 0 Å². The summed E-state index contributed by atoms with van der Waals surface area (Å²) in [4.78, 5) is 13.6. The number of nitrogens with two attached hydrogens (primary N) is 1. The van der Waals surface area contributed by atoms with Crippen LogP contribution < -0.4 is 11.1 Å². The van der Waals surface area contributed by atoms with Crippen molar-refractivity contribution >= 4 is 5.91 Å². The van der Waals surface area contributed by atoms with Crippen molar-refractivity contribution in [2.45, 2.75) is 45.6 Å². The lowest BCUT2D eigenvalue weighted by molar-refractivity contribution is -0.121. The standard InChI is InChI=1S/C12H27N3O/c1-5-8-15(9-7-11(16)14-4)12(3,6-2)10-13/h5-10,13H2,1-4H3,(H,14,16). The van der Waals surface area contributed by atoms with E-state index in [9.17, 15) is 4.79 Å². The zero-order valence-corrected chi connectivity index (χ0v) is 11.2. The van der Waals surface area contributed by atoms with Crippen molar-refractivity contribution in [2.24, 2.45) is 5.73 Å². The smallest absolute Gasteiger partial charge is 0.221 e. The summed E-state index contributed by atoms with van der Waals surface area (Å²) in [5, 5.41) is 2.65. The first-order valence-electron chi connectivity index (χ1n) is 6.19.